The van der Waals surface area contributed by atoms with Gasteiger partial charge < -0.3 is 5.73 Å². The number of hydrogen-bond donors (Lipinski definition) is 1. The Balaban J connectivity index is 2.10. The van der Waals surface area contributed by atoms with Gasteiger partial charge in [-0.15, -0.1) is 0 Å². The maximum absolute atomic E-state index is 6.28. The monoisotopic (exact) mass is 254 g/mol. The van der Waals surface area contributed by atoms with E-state index >= 15 is 0 Å². The van der Waals surface area contributed by atoms with Crippen LogP contribution in [0.2, 0.25) is 0 Å². The minimum absolute atomic E-state index is 0.0132. The lowest BCUT2D eigenvalue weighted by molar-refractivity contribution is 0.705. The first kappa shape index (κ1) is 13.8. The van der Waals surface area contributed by atoms with Crippen molar-refractivity contribution in [3.8, 4) is 0 Å². The summed E-state index contributed by atoms with van der Waals surface area (Å²) in [6.07, 6.45) is 3.76. The zero-order chi connectivity index (χ0) is 13.8. The molecule has 2 rings (SSSR count). The number of benzene rings is 1. The van der Waals surface area contributed by atoms with Gasteiger partial charge in [-0.1, -0.05) is 31.2 Å². The molecule has 0 aliphatic heterocycles. The van der Waals surface area contributed by atoms with Crippen molar-refractivity contribution in [2.24, 2.45) is 5.73 Å². The zero-order valence-electron chi connectivity index (χ0n) is 12.0. The largest absolute Gasteiger partial charge is 0.324 e. The molecule has 0 bridgehead atoms. The lowest BCUT2D eigenvalue weighted by Gasteiger charge is -2.13. The summed E-state index contributed by atoms with van der Waals surface area (Å²) in [4.78, 5) is 4.47. The van der Waals surface area contributed by atoms with Crippen LogP contribution in [0.3, 0.4) is 0 Å². The normalized spacial score (nSPS) is 12.4. The molecule has 0 spiro atoms. The molecule has 2 N–H and O–H groups in total. The summed E-state index contributed by atoms with van der Waals surface area (Å²) in [7, 11) is 0. The molecule has 0 amide bonds. The molecule has 19 heavy (non-hydrogen) atoms. The van der Waals surface area contributed by atoms with Crippen molar-refractivity contribution < 1.29 is 0 Å². The fraction of sp³-hybridized carbons (Fsp3) is 0.353. The van der Waals surface area contributed by atoms with Crippen LogP contribution >= 0.6 is 0 Å². The standard InChI is InChI=1S/C17H22N2/c1-4-14-6-8-16(19-11-14)10-17(18)15-7-5-12(2)13(3)9-15/h5-9,11,17H,4,10,18H2,1-3H3. The van der Waals surface area contributed by atoms with Crippen LogP contribution in [0.5, 0.6) is 0 Å². The Morgan fingerprint density at radius 2 is 1.89 bits per heavy atom. The number of aryl methyl sites for hydroxylation is 3. The predicted octanol–water partition coefficient (Wildman–Crippen LogP) is 3.50. The highest BCUT2D eigenvalue weighted by Crippen LogP contribution is 2.18. The molecule has 1 aromatic carbocycles. The van der Waals surface area contributed by atoms with E-state index in [9.17, 15) is 0 Å². The van der Waals surface area contributed by atoms with Crippen molar-refractivity contribution in [2.75, 3.05) is 0 Å². The molecule has 2 heteroatoms. The fourth-order valence-corrected chi connectivity index (χ4v) is 2.12. The highest BCUT2D eigenvalue weighted by Gasteiger charge is 2.09. The quantitative estimate of drug-likeness (QED) is 0.907. The van der Waals surface area contributed by atoms with Crippen LogP contribution in [-0.2, 0) is 12.8 Å². The Labute approximate surface area is 115 Å². The van der Waals surface area contributed by atoms with E-state index < -0.39 is 0 Å². The maximum Gasteiger partial charge on any atom is 0.0422 e. The number of rotatable bonds is 4. The predicted molar refractivity (Wildman–Crippen MR) is 80.2 cm³/mol. The summed E-state index contributed by atoms with van der Waals surface area (Å²) in [5.74, 6) is 0. The van der Waals surface area contributed by atoms with Gasteiger partial charge >= 0.3 is 0 Å². The number of pyridine rings is 1. The number of aromatic nitrogens is 1. The van der Waals surface area contributed by atoms with Crippen molar-refractivity contribution in [3.63, 3.8) is 0 Å². The highest BCUT2D eigenvalue weighted by molar-refractivity contribution is 5.32. The van der Waals surface area contributed by atoms with E-state index in [0.717, 1.165) is 18.5 Å². The van der Waals surface area contributed by atoms with Gasteiger partial charge in [0.1, 0.15) is 0 Å². The van der Waals surface area contributed by atoms with E-state index in [1.165, 1.54) is 22.3 Å². The molecule has 0 radical (unpaired) electrons. The fourth-order valence-electron chi connectivity index (χ4n) is 2.12. The Morgan fingerprint density at radius 1 is 1.11 bits per heavy atom. The molecule has 100 valence electrons. The number of nitrogens with two attached hydrogens (primary N) is 1. The van der Waals surface area contributed by atoms with E-state index in [-0.39, 0.29) is 6.04 Å². The summed E-state index contributed by atoms with van der Waals surface area (Å²) in [6, 6.07) is 10.7. The molecule has 0 aliphatic rings. The van der Waals surface area contributed by atoms with Crippen molar-refractivity contribution in [1.29, 1.82) is 0 Å². The average molecular weight is 254 g/mol. The minimum atomic E-state index is 0.0132. The molecular weight excluding hydrogens is 232 g/mol. The van der Waals surface area contributed by atoms with E-state index in [2.05, 4.69) is 56.1 Å². The van der Waals surface area contributed by atoms with Crippen molar-refractivity contribution >= 4 is 0 Å². The van der Waals surface area contributed by atoms with Gasteiger partial charge in [0, 0.05) is 24.4 Å². The van der Waals surface area contributed by atoms with Crippen molar-refractivity contribution in [2.45, 2.75) is 39.7 Å². The van der Waals surface area contributed by atoms with Crippen LogP contribution in [0.4, 0.5) is 0 Å². The smallest absolute Gasteiger partial charge is 0.0422 e. The van der Waals surface area contributed by atoms with Gasteiger partial charge in [0.25, 0.3) is 0 Å². The molecular formula is C17H22N2. The van der Waals surface area contributed by atoms with Crippen molar-refractivity contribution in [3.05, 3.63) is 64.5 Å². The minimum Gasteiger partial charge on any atom is -0.324 e. The number of nitrogens with zero attached hydrogens (tertiary/aromatic N) is 1. The molecule has 2 aromatic rings. The lowest BCUT2D eigenvalue weighted by atomic mass is 9.98. The SMILES string of the molecule is CCc1ccc(CC(N)c2ccc(C)c(C)c2)nc1. The van der Waals surface area contributed by atoms with Gasteiger partial charge in [-0.3, -0.25) is 4.98 Å². The van der Waals surface area contributed by atoms with Gasteiger partial charge in [0.05, 0.1) is 0 Å². The summed E-state index contributed by atoms with van der Waals surface area (Å²) in [6.45, 7) is 6.38. The first-order valence-corrected chi connectivity index (χ1v) is 6.86. The molecule has 0 saturated heterocycles. The molecule has 1 atom stereocenters. The number of hydrogen-bond acceptors (Lipinski definition) is 2. The van der Waals surface area contributed by atoms with Crippen LogP contribution in [0.1, 0.15) is 40.9 Å². The van der Waals surface area contributed by atoms with Crippen LogP contribution in [0.25, 0.3) is 0 Å². The van der Waals surface area contributed by atoms with E-state index in [1.807, 2.05) is 6.20 Å². The Hall–Kier alpha value is -1.67. The van der Waals surface area contributed by atoms with Crippen molar-refractivity contribution in [1.82, 2.24) is 4.98 Å². The third kappa shape index (κ3) is 3.42. The summed E-state index contributed by atoms with van der Waals surface area (Å²) < 4.78 is 0. The first-order valence-electron chi connectivity index (χ1n) is 6.86. The zero-order valence-corrected chi connectivity index (χ0v) is 12.0. The second-order valence-electron chi connectivity index (χ2n) is 5.17. The van der Waals surface area contributed by atoms with Gasteiger partial charge in [0.15, 0.2) is 0 Å². The molecule has 1 aromatic heterocycles. The molecule has 1 heterocycles. The summed E-state index contributed by atoms with van der Waals surface area (Å²) in [5.41, 5.74) is 12.4. The molecule has 2 nitrogen and oxygen atoms in total. The third-order valence-electron chi connectivity index (χ3n) is 3.68. The molecule has 0 saturated carbocycles. The van der Waals surface area contributed by atoms with Gasteiger partial charge in [0.2, 0.25) is 0 Å². The lowest BCUT2D eigenvalue weighted by Crippen LogP contribution is -2.14. The first-order chi connectivity index (χ1) is 9.10. The Kier molecular flexibility index (Phi) is 4.33. The van der Waals surface area contributed by atoms with Gasteiger partial charge in [-0.2, -0.15) is 0 Å². The van der Waals surface area contributed by atoms with Gasteiger partial charge in [-0.25, -0.2) is 0 Å². The molecule has 0 aliphatic carbocycles. The van der Waals surface area contributed by atoms with E-state index in [4.69, 9.17) is 5.73 Å². The third-order valence-corrected chi connectivity index (χ3v) is 3.68. The topological polar surface area (TPSA) is 38.9 Å². The molecule has 1 unspecified atom stereocenters. The maximum atomic E-state index is 6.28. The van der Waals surface area contributed by atoms with E-state index in [0.29, 0.717) is 0 Å². The van der Waals surface area contributed by atoms with Gasteiger partial charge in [-0.05, 0) is 48.6 Å². The molecule has 0 fully saturated rings. The van der Waals surface area contributed by atoms with Crippen LogP contribution in [0.15, 0.2) is 36.5 Å². The highest BCUT2D eigenvalue weighted by atomic mass is 14.7. The Morgan fingerprint density at radius 3 is 2.47 bits per heavy atom. The summed E-state index contributed by atoms with van der Waals surface area (Å²) >= 11 is 0. The second-order valence-corrected chi connectivity index (χ2v) is 5.17. The second kappa shape index (κ2) is 5.98. The summed E-state index contributed by atoms with van der Waals surface area (Å²) in [5, 5.41) is 0. The van der Waals surface area contributed by atoms with Crippen LogP contribution in [-0.4, -0.2) is 4.98 Å². The Bertz CT molecular complexity index is 544. The average Bonchev–Trinajstić information content (AvgIpc) is 2.42. The van der Waals surface area contributed by atoms with Crippen LogP contribution < -0.4 is 5.73 Å². The van der Waals surface area contributed by atoms with E-state index in [1.54, 1.807) is 0 Å². The van der Waals surface area contributed by atoms with Crippen LogP contribution in [0, 0.1) is 13.8 Å².